The van der Waals surface area contributed by atoms with E-state index in [4.69, 9.17) is 11.6 Å². The highest BCUT2D eigenvalue weighted by Crippen LogP contribution is 2.22. The number of rotatable bonds is 4. The van der Waals surface area contributed by atoms with Gasteiger partial charge in [-0.2, -0.15) is 0 Å². The largest absolute Gasteiger partial charge is 0.264 e. The molecule has 0 aliphatic carbocycles. The summed E-state index contributed by atoms with van der Waals surface area (Å²) in [6.45, 7) is 1.95. The lowest BCUT2D eigenvalue weighted by atomic mass is 10.3. The number of benzene rings is 1. The van der Waals surface area contributed by atoms with Crippen molar-refractivity contribution in [3.05, 3.63) is 53.2 Å². The molecule has 0 spiro atoms. The van der Waals surface area contributed by atoms with E-state index in [9.17, 15) is 8.42 Å². The number of hydrogen-bond acceptors (Lipinski definition) is 3. The van der Waals surface area contributed by atoms with Crippen LogP contribution in [0.5, 0.6) is 0 Å². The second kappa shape index (κ2) is 5.59. The van der Waals surface area contributed by atoms with Gasteiger partial charge in [0.25, 0.3) is 10.0 Å². The lowest BCUT2D eigenvalue weighted by Crippen LogP contribution is -2.14. The molecule has 0 radical (unpaired) electrons. The number of nitrogens with one attached hydrogen (secondary N) is 1. The number of nitrogens with zero attached hydrogens (tertiary/aromatic N) is 1. The highest BCUT2D eigenvalue weighted by atomic mass is 35.5. The van der Waals surface area contributed by atoms with E-state index in [1.165, 1.54) is 12.1 Å². The molecule has 2 rings (SSSR count). The molecule has 0 aliphatic heterocycles. The Morgan fingerprint density at radius 3 is 2.58 bits per heavy atom. The van der Waals surface area contributed by atoms with Crippen molar-refractivity contribution < 1.29 is 8.42 Å². The van der Waals surface area contributed by atoms with Crippen molar-refractivity contribution in [2.45, 2.75) is 18.2 Å². The van der Waals surface area contributed by atoms with Crippen molar-refractivity contribution in [2.24, 2.45) is 0 Å². The summed E-state index contributed by atoms with van der Waals surface area (Å²) in [7, 11) is -3.71. The monoisotopic (exact) mass is 296 g/mol. The van der Waals surface area contributed by atoms with Gasteiger partial charge in [0, 0.05) is 5.69 Å². The number of pyridine rings is 1. The Morgan fingerprint density at radius 2 is 1.89 bits per heavy atom. The highest BCUT2D eigenvalue weighted by Gasteiger charge is 2.17. The lowest BCUT2D eigenvalue weighted by molar-refractivity contribution is 0.601. The van der Waals surface area contributed by atoms with Crippen LogP contribution in [0.1, 0.15) is 12.6 Å². The fraction of sp³-hybridized carbons (Fsp3) is 0.154. The molecule has 0 fully saturated rings. The van der Waals surface area contributed by atoms with Crippen molar-refractivity contribution in [2.75, 3.05) is 4.72 Å². The number of hydrogen-bond donors (Lipinski definition) is 1. The van der Waals surface area contributed by atoms with Gasteiger partial charge >= 0.3 is 0 Å². The number of aryl methyl sites for hydroxylation is 1. The van der Waals surface area contributed by atoms with Crippen LogP contribution in [0.25, 0.3) is 0 Å². The van der Waals surface area contributed by atoms with Crippen molar-refractivity contribution in [3.63, 3.8) is 0 Å². The summed E-state index contributed by atoms with van der Waals surface area (Å²) in [5.74, 6) is 0.291. The van der Waals surface area contributed by atoms with Gasteiger partial charge in [-0.15, -0.1) is 0 Å². The molecule has 100 valence electrons. The minimum atomic E-state index is -3.71. The summed E-state index contributed by atoms with van der Waals surface area (Å²) >= 11 is 5.89. The summed E-state index contributed by atoms with van der Waals surface area (Å²) in [4.78, 5) is 4.24. The average molecular weight is 297 g/mol. The Morgan fingerprint density at radius 1 is 1.16 bits per heavy atom. The van der Waals surface area contributed by atoms with E-state index in [0.29, 0.717) is 5.82 Å². The Hall–Kier alpha value is -1.59. The molecule has 1 aromatic heterocycles. The first-order valence-electron chi connectivity index (χ1n) is 5.76. The normalized spacial score (nSPS) is 11.3. The van der Waals surface area contributed by atoms with Crippen LogP contribution < -0.4 is 4.72 Å². The average Bonchev–Trinajstić information content (AvgIpc) is 2.38. The molecular weight excluding hydrogens is 284 g/mol. The van der Waals surface area contributed by atoms with Gasteiger partial charge in [0.05, 0.1) is 5.02 Å². The maximum atomic E-state index is 12.2. The van der Waals surface area contributed by atoms with Gasteiger partial charge in [0.15, 0.2) is 0 Å². The summed E-state index contributed by atoms with van der Waals surface area (Å²) in [5, 5.41) is 0.182. The first-order chi connectivity index (χ1) is 9.03. The summed E-state index contributed by atoms with van der Waals surface area (Å²) < 4.78 is 26.8. The molecule has 4 nitrogen and oxygen atoms in total. The van der Waals surface area contributed by atoms with Gasteiger partial charge in [-0.05, 0) is 30.7 Å². The predicted molar refractivity (Wildman–Crippen MR) is 75.9 cm³/mol. The molecular formula is C13H13ClN2O2S. The molecule has 0 aliphatic rings. The Kier molecular flexibility index (Phi) is 4.07. The topological polar surface area (TPSA) is 59.1 Å². The van der Waals surface area contributed by atoms with Crippen LogP contribution in [-0.2, 0) is 16.4 Å². The standard InChI is InChI=1S/C13H13ClN2O2S/c1-2-10-6-5-9-13(15-10)16-19(17,18)12-8-4-3-7-11(12)14/h3-9H,2H2,1H3,(H,15,16). The second-order valence-electron chi connectivity index (χ2n) is 3.90. The van der Waals surface area contributed by atoms with E-state index >= 15 is 0 Å². The maximum absolute atomic E-state index is 12.2. The van der Waals surface area contributed by atoms with Crippen LogP contribution in [0.15, 0.2) is 47.4 Å². The Bertz CT molecular complexity index is 687. The van der Waals surface area contributed by atoms with Gasteiger partial charge < -0.3 is 0 Å². The quantitative estimate of drug-likeness (QED) is 0.943. The number of aromatic nitrogens is 1. The number of sulfonamides is 1. The SMILES string of the molecule is CCc1cccc(NS(=O)(=O)c2ccccc2Cl)n1. The highest BCUT2D eigenvalue weighted by molar-refractivity contribution is 7.92. The van der Waals surface area contributed by atoms with E-state index in [1.807, 2.05) is 13.0 Å². The van der Waals surface area contributed by atoms with Crippen LogP contribution in [0.3, 0.4) is 0 Å². The van der Waals surface area contributed by atoms with Crippen LogP contribution in [0.2, 0.25) is 5.02 Å². The number of halogens is 1. The van der Waals surface area contributed by atoms with Crippen LogP contribution in [-0.4, -0.2) is 13.4 Å². The van der Waals surface area contributed by atoms with E-state index < -0.39 is 10.0 Å². The Balaban J connectivity index is 2.34. The molecule has 0 bridgehead atoms. The molecule has 1 N–H and O–H groups in total. The van der Waals surface area contributed by atoms with Crippen molar-refractivity contribution in [1.29, 1.82) is 0 Å². The van der Waals surface area contributed by atoms with Crippen molar-refractivity contribution in [3.8, 4) is 0 Å². The third-order valence-corrected chi connectivity index (χ3v) is 4.39. The molecule has 0 saturated carbocycles. The number of anilines is 1. The third kappa shape index (κ3) is 3.24. The zero-order chi connectivity index (χ0) is 13.9. The van der Waals surface area contributed by atoms with Gasteiger partial charge in [-0.25, -0.2) is 13.4 Å². The van der Waals surface area contributed by atoms with Gasteiger partial charge in [-0.1, -0.05) is 36.7 Å². The minimum absolute atomic E-state index is 0.0420. The zero-order valence-corrected chi connectivity index (χ0v) is 11.9. The zero-order valence-electron chi connectivity index (χ0n) is 10.3. The Labute approximate surface area is 117 Å². The van der Waals surface area contributed by atoms with E-state index in [1.54, 1.807) is 24.3 Å². The molecule has 19 heavy (non-hydrogen) atoms. The molecule has 1 aromatic carbocycles. The third-order valence-electron chi connectivity index (χ3n) is 2.53. The van der Waals surface area contributed by atoms with Crippen molar-refractivity contribution >= 4 is 27.4 Å². The molecule has 0 atom stereocenters. The molecule has 0 unspecified atom stereocenters. The van der Waals surface area contributed by atoms with E-state index in [0.717, 1.165) is 12.1 Å². The molecule has 2 aromatic rings. The first kappa shape index (κ1) is 13.8. The first-order valence-corrected chi connectivity index (χ1v) is 7.62. The molecule has 0 amide bonds. The molecule has 0 saturated heterocycles. The van der Waals surface area contributed by atoms with Gasteiger partial charge in [0.1, 0.15) is 10.7 Å². The molecule has 6 heteroatoms. The van der Waals surface area contributed by atoms with Crippen LogP contribution in [0.4, 0.5) is 5.82 Å². The van der Waals surface area contributed by atoms with Crippen LogP contribution >= 0.6 is 11.6 Å². The summed E-state index contributed by atoms with van der Waals surface area (Å²) in [6.07, 6.45) is 0.738. The van der Waals surface area contributed by atoms with E-state index in [-0.39, 0.29) is 9.92 Å². The van der Waals surface area contributed by atoms with Gasteiger partial charge in [-0.3, -0.25) is 4.72 Å². The second-order valence-corrected chi connectivity index (χ2v) is 5.96. The lowest BCUT2D eigenvalue weighted by Gasteiger charge is -2.09. The minimum Gasteiger partial charge on any atom is -0.263 e. The maximum Gasteiger partial charge on any atom is 0.264 e. The molecule has 1 heterocycles. The summed E-state index contributed by atoms with van der Waals surface area (Å²) in [6, 6.07) is 11.5. The smallest absolute Gasteiger partial charge is 0.263 e. The summed E-state index contributed by atoms with van der Waals surface area (Å²) in [5.41, 5.74) is 0.819. The fourth-order valence-electron chi connectivity index (χ4n) is 1.59. The van der Waals surface area contributed by atoms with Crippen molar-refractivity contribution in [1.82, 2.24) is 4.98 Å². The van der Waals surface area contributed by atoms with E-state index in [2.05, 4.69) is 9.71 Å². The van der Waals surface area contributed by atoms with Gasteiger partial charge in [0.2, 0.25) is 0 Å². The fourth-order valence-corrected chi connectivity index (χ4v) is 3.11. The van der Waals surface area contributed by atoms with Crippen LogP contribution in [0, 0.1) is 0 Å². The predicted octanol–water partition coefficient (Wildman–Crippen LogP) is 3.10.